The highest BCUT2D eigenvalue weighted by molar-refractivity contribution is 5.49. The summed E-state index contributed by atoms with van der Waals surface area (Å²) in [6.45, 7) is 5.49. The maximum atomic E-state index is 8.96. The second kappa shape index (κ2) is 6.71. The molecular weight excluding hydrogens is 262 g/mol. The lowest BCUT2D eigenvalue weighted by atomic mass is 10.1. The number of hydrogen-bond acceptors (Lipinski definition) is 5. The summed E-state index contributed by atoms with van der Waals surface area (Å²) in [4.78, 5) is 10.9. The van der Waals surface area contributed by atoms with Crippen LogP contribution < -0.4 is 10.2 Å². The van der Waals surface area contributed by atoms with Crippen molar-refractivity contribution in [1.29, 1.82) is 5.26 Å². The number of rotatable bonds is 5. The smallest absolute Gasteiger partial charge is 0.224 e. The van der Waals surface area contributed by atoms with Crippen molar-refractivity contribution in [2.75, 3.05) is 23.8 Å². The van der Waals surface area contributed by atoms with Crippen molar-refractivity contribution in [3.8, 4) is 6.07 Å². The minimum absolute atomic E-state index is 0.635. The SMILES string of the molecule is CCNc1ncc(C)c(N(C)Cc2cccc(C#N)c2)n1. The monoisotopic (exact) mass is 281 g/mol. The number of aryl methyl sites for hydroxylation is 1. The molecule has 0 fully saturated rings. The number of aromatic nitrogens is 2. The van der Waals surface area contributed by atoms with Crippen molar-refractivity contribution in [2.45, 2.75) is 20.4 Å². The average Bonchev–Trinajstić information content (AvgIpc) is 2.49. The molecule has 0 aliphatic rings. The largest absolute Gasteiger partial charge is 0.355 e. The second-order valence-corrected chi connectivity index (χ2v) is 4.90. The highest BCUT2D eigenvalue weighted by Gasteiger charge is 2.09. The predicted molar refractivity (Wildman–Crippen MR) is 84.2 cm³/mol. The first kappa shape index (κ1) is 14.8. The molecule has 5 heteroatoms. The fourth-order valence-electron chi connectivity index (χ4n) is 2.15. The van der Waals surface area contributed by atoms with E-state index < -0.39 is 0 Å². The molecule has 0 spiro atoms. The van der Waals surface area contributed by atoms with E-state index in [-0.39, 0.29) is 0 Å². The zero-order chi connectivity index (χ0) is 15.2. The van der Waals surface area contributed by atoms with E-state index in [4.69, 9.17) is 5.26 Å². The Kier molecular flexibility index (Phi) is 4.72. The number of nitrogens with one attached hydrogen (secondary N) is 1. The molecular formula is C16H19N5. The van der Waals surface area contributed by atoms with Gasteiger partial charge >= 0.3 is 0 Å². The van der Waals surface area contributed by atoms with Gasteiger partial charge < -0.3 is 10.2 Å². The van der Waals surface area contributed by atoms with Crippen LogP contribution in [0.2, 0.25) is 0 Å². The molecule has 0 aliphatic heterocycles. The van der Waals surface area contributed by atoms with Crippen LogP contribution in [-0.4, -0.2) is 23.6 Å². The minimum atomic E-state index is 0.635. The summed E-state index contributed by atoms with van der Waals surface area (Å²) in [7, 11) is 1.99. The van der Waals surface area contributed by atoms with Gasteiger partial charge in [-0.1, -0.05) is 12.1 Å². The molecule has 1 N–H and O–H groups in total. The Labute approximate surface area is 125 Å². The first-order valence-corrected chi connectivity index (χ1v) is 6.91. The Hall–Kier alpha value is -2.61. The Morgan fingerprint density at radius 3 is 2.90 bits per heavy atom. The van der Waals surface area contributed by atoms with Crippen molar-refractivity contribution in [1.82, 2.24) is 9.97 Å². The number of hydrogen-bond donors (Lipinski definition) is 1. The number of nitriles is 1. The normalized spacial score (nSPS) is 10.0. The van der Waals surface area contributed by atoms with Crippen LogP contribution in [0.4, 0.5) is 11.8 Å². The van der Waals surface area contributed by atoms with Gasteiger partial charge in [0.1, 0.15) is 5.82 Å². The Bertz CT molecular complexity index is 660. The van der Waals surface area contributed by atoms with Crippen molar-refractivity contribution < 1.29 is 0 Å². The van der Waals surface area contributed by atoms with E-state index >= 15 is 0 Å². The standard InChI is InChI=1S/C16H19N5/c1-4-18-16-19-10-12(2)15(20-16)21(3)11-14-7-5-6-13(8-14)9-17/h5-8,10H,4,11H2,1-3H3,(H,18,19,20). The molecule has 0 atom stereocenters. The second-order valence-electron chi connectivity index (χ2n) is 4.90. The summed E-state index contributed by atoms with van der Waals surface area (Å²) in [6.07, 6.45) is 1.82. The number of nitrogens with zero attached hydrogens (tertiary/aromatic N) is 4. The lowest BCUT2D eigenvalue weighted by Gasteiger charge is -2.20. The van der Waals surface area contributed by atoms with Gasteiger partial charge in [0.2, 0.25) is 5.95 Å². The van der Waals surface area contributed by atoms with Crippen molar-refractivity contribution in [3.05, 3.63) is 47.2 Å². The Morgan fingerprint density at radius 1 is 1.38 bits per heavy atom. The third kappa shape index (κ3) is 3.69. The molecule has 0 saturated heterocycles. The van der Waals surface area contributed by atoms with Crippen molar-refractivity contribution in [3.63, 3.8) is 0 Å². The van der Waals surface area contributed by atoms with Crippen LogP contribution in [0.3, 0.4) is 0 Å². The molecule has 0 saturated carbocycles. The summed E-state index contributed by atoms with van der Waals surface area (Å²) in [6, 6.07) is 9.79. The van der Waals surface area contributed by atoms with Crippen LogP contribution >= 0.6 is 0 Å². The molecule has 108 valence electrons. The maximum Gasteiger partial charge on any atom is 0.224 e. The third-order valence-electron chi connectivity index (χ3n) is 3.12. The minimum Gasteiger partial charge on any atom is -0.355 e. The quantitative estimate of drug-likeness (QED) is 0.913. The van der Waals surface area contributed by atoms with Gasteiger partial charge in [0.15, 0.2) is 0 Å². The molecule has 1 aromatic heterocycles. The van der Waals surface area contributed by atoms with Crippen LogP contribution in [0.15, 0.2) is 30.5 Å². The Morgan fingerprint density at radius 2 is 2.19 bits per heavy atom. The highest BCUT2D eigenvalue weighted by atomic mass is 15.2. The molecule has 0 amide bonds. The van der Waals surface area contributed by atoms with Gasteiger partial charge in [-0.3, -0.25) is 0 Å². The molecule has 0 aliphatic carbocycles. The lowest BCUT2D eigenvalue weighted by molar-refractivity contribution is 0.881. The van der Waals surface area contributed by atoms with Crippen LogP contribution in [0.5, 0.6) is 0 Å². The molecule has 2 aromatic rings. The zero-order valence-corrected chi connectivity index (χ0v) is 12.6. The van der Waals surface area contributed by atoms with Crippen LogP contribution in [0.1, 0.15) is 23.6 Å². The predicted octanol–water partition coefficient (Wildman–Crippen LogP) is 2.72. The summed E-state index contributed by atoms with van der Waals surface area (Å²) in [5.74, 6) is 1.53. The van der Waals surface area contributed by atoms with Crippen molar-refractivity contribution >= 4 is 11.8 Å². The first-order valence-electron chi connectivity index (χ1n) is 6.91. The molecule has 0 radical (unpaired) electrons. The summed E-state index contributed by atoms with van der Waals surface area (Å²) in [5.41, 5.74) is 2.78. The molecule has 1 heterocycles. The fourth-order valence-corrected chi connectivity index (χ4v) is 2.15. The fraction of sp³-hybridized carbons (Fsp3) is 0.312. The van der Waals surface area contributed by atoms with Gasteiger partial charge in [-0.15, -0.1) is 0 Å². The van der Waals surface area contributed by atoms with E-state index in [1.54, 1.807) is 0 Å². The van der Waals surface area contributed by atoms with Gasteiger partial charge in [0.05, 0.1) is 11.6 Å². The number of anilines is 2. The van der Waals surface area contributed by atoms with Crippen LogP contribution in [-0.2, 0) is 6.54 Å². The molecule has 1 aromatic carbocycles. The van der Waals surface area contributed by atoms with Gasteiger partial charge in [0, 0.05) is 31.9 Å². The van der Waals surface area contributed by atoms with Gasteiger partial charge in [-0.2, -0.15) is 10.2 Å². The van der Waals surface area contributed by atoms with Crippen molar-refractivity contribution in [2.24, 2.45) is 0 Å². The van der Waals surface area contributed by atoms with E-state index in [1.165, 1.54) is 0 Å². The summed E-state index contributed by atoms with van der Waals surface area (Å²) in [5, 5.41) is 12.1. The molecule has 2 rings (SSSR count). The van der Waals surface area contributed by atoms with Gasteiger partial charge in [-0.25, -0.2) is 4.98 Å². The molecule has 5 nitrogen and oxygen atoms in total. The molecule has 21 heavy (non-hydrogen) atoms. The van der Waals surface area contributed by atoms with E-state index in [2.05, 4.69) is 26.3 Å². The summed E-state index contributed by atoms with van der Waals surface area (Å²) < 4.78 is 0. The van der Waals surface area contributed by atoms with E-state index in [9.17, 15) is 0 Å². The highest BCUT2D eigenvalue weighted by Crippen LogP contribution is 2.19. The maximum absolute atomic E-state index is 8.96. The first-order chi connectivity index (χ1) is 10.1. The topological polar surface area (TPSA) is 64.8 Å². The van der Waals surface area contributed by atoms with Crippen LogP contribution in [0.25, 0.3) is 0 Å². The molecule has 0 unspecified atom stereocenters. The number of benzene rings is 1. The van der Waals surface area contributed by atoms with E-state index in [1.807, 2.05) is 51.4 Å². The average molecular weight is 281 g/mol. The lowest BCUT2D eigenvalue weighted by Crippen LogP contribution is -2.20. The molecule has 0 bridgehead atoms. The summed E-state index contributed by atoms with van der Waals surface area (Å²) >= 11 is 0. The van der Waals surface area contributed by atoms with Gasteiger partial charge in [-0.05, 0) is 31.5 Å². The Balaban J connectivity index is 2.21. The van der Waals surface area contributed by atoms with Gasteiger partial charge in [0.25, 0.3) is 0 Å². The van der Waals surface area contributed by atoms with E-state index in [0.29, 0.717) is 18.1 Å². The third-order valence-corrected chi connectivity index (χ3v) is 3.12. The zero-order valence-electron chi connectivity index (χ0n) is 12.6. The van der Waals surface area contributed by atoms with E-state index in [0.717, 1.165) is 23.5 Å². The van der Waals surface area contributed by atoms with Crippen LogP contribution in [0, 0.1) is 18.3 Å².